The zero-order valence-corrected chi connectivity index (χ0v) is 15.1. The lowest BCUT2D eigenvalue weighted by molar-refractivity contribution is -0.149. The lowest BCUT2D eigenvalue weighted by atomic mass is 9.81. The summed E-state index contributed by atoms with van der Waals surface area (Å²) < 4.78 is 13.6. The van der Waals surface area contributed by atoms with E-state index in [2.05, 4.69) is 4.90 Å². The van der Waals surface area contributed by atoms with Gasteiger partial charge in [0.25, 0.3) is 0 Å². The third-order valence-electron chi connectivity index (χ3n) is 6.38. The van der Waals surface area contributed by atoms with Crippen LogP contribution in [0, 0.1) is 30.0 Å². The average Bonchev–Trinajstić information content (AvgIpc) is 2.98. The maximum Gasteiger partial charge on any atom is 0.313 e. The molecule has 1 aliphatic carbocycles. The number of halogens is 1. The van der Waals surface area contributed by atoms with Gasteiger partial charge in [0.15, 0.2) is 0 Å². The van der Waals surface area contributed by atoms with Gasteiger partial charge in [0.05, 0.1) is 0 Å². The zero-order valence-electron chi connectivity index (χ0n) is 15.1. The molecule has 0 bridgehead atoms. The molecule has 2 saturated heterocycles. The van der Waals surface area contributed by atoms with E-state index in [1.54, 1.807) is 4.90 Å². The van der Waals surface area contributed by atoms with Crippen molar-refractivity contribution in [2.24, 2.45) is 17.3 Å². The number of likely N-dealkylation sites (tertiary alicyclic amines) is 2. The predicted octanol–water partition coefficient (Wildman–Crippen LogP) is 2.28. The van der Waals surface area contributed by atoms with E-state index in [0.717, 1.165) is 30.4 Å². The van der Waals surface area contributed by atoms with Crippen LogP contribution in [-0.2, 0) is 16.1 Å². The first-order valence-corrected chi connectivity index (χ1v) is 9.38. The summed E-state index contributed by atoms with van der Waals surface area (Å²) in [6.45, 7) is 4.28. The number of aryl methyl sites for hydroxylation is 1. The summed E-state index contributed by atoms with van der Waals surface area (Å²) in [4.78, 5) is 28.5. The molecule has 0 spiro atoms. The van der Waals surface area contributed by atoms with E-state index < -0.39 is 11.4 Å². The van der Waals surface area contributed by atoms with Gasteiger partial charge in [-0.15, -0.1) is 0 Å². The van der Waals surface area contributed by atoms with Gasteiger partial charge >= 0.3 is 5.97 Å². The Morgan fingerprint density at radius 1 is 1.23 bits per heavy atom. The lowest BCUT2D eigenvalue weighted by Gasteiger charge is -2.31. The van der Waals surface area contributed by atoms with Crippen LogP contribution in [0.1, 0.15) is 30.4 Å². The van der Waals surface area contributed by atoms with E-state index in [1.165, 1.54) is 12.1 Å². The number of carboxylic acid groups (broad SMARTS) is 1. The first-order chi connectivity index (χ1) is 12.4. The average molecular weight is 360 g/mol. The Morgan fingerprint density at radius 3 is 2.58 bits per heavy atom. The lowest BCUT2D eigenvalue weighted by Crippen LogP contribution is -2.44. The molecule has 2 aliphatic heterocycles. The number of carboxylic acids is 1. The largest absolute Gasteiger partial charge is 0.481 e. The highest BCUT2D eigenvalue weighted by Crippen LogP contribution is 2.44. The summed E-state index contributed by atoms with van der Waals surface area (Å²) in [5.74, 6) is -0.891. The van der Waals surface area contributed by atoms with Crippen LogP contribution in [0.5, 0.6) is 0 Å². The first-order valence-electron chi connectivity index (χ1n) is 9.38. The second kappa shape index (κ2) is 6.34. The SMILES string of the molecule is Cc1cc(F)cc(CN2C[C@H]3CN(C(=O)C4CCC4)C[C@@]3(C(=O)O)C2)c1. The number of amides is 1. The smallest absolute Gasteiger partial charge is 0.313 e. The molecule has 140 valence electrons. The van der Waals surface area contributed by atoms with Gasteiger partial charge in [0, 0.05) is 44.6 Å². The van der Waals surface area contributed by atoms with Crippen LogP contribution in [-0.4, -0.2) is 53.0 Å². The molecular formula is C20H25FN2O3. The van der Waals surface area contributed by atoms with E-state index in [-0.39, 0.29) is 23.6 Å². The van der Waals surface area contributed by atoms with Crippen LogP contribution >= 0.6 is 0 Å². The zero-order chi connectivity index (χ0) is 18.5. The molecule has 3 aliphatic rings. The Bertz CT molecular complexity index is 728. The molecule has 2 heterocycles. The Balaban J connectivity index is 1.48. The molecule has 4 rings (SSSR count). The van der Waals surface area contributed by atoms with Crippen molar-refractivity contribution in [1.29, 1.82) is 0 Å². The molecule has 2 atom stereocenters. The van der Waals surface area contributed by atoms with E-state index in [9.17, 15) is 19.1 Å². The molecule has 3 fully saturated rings. The quantitative estimate of drug-likeness (QED) is 0.895. The highest BCUT2D eigenvalue weighted by molar-refractivity contribution is 5.83. The minimum Gasteiger partial charge on any atom is -0.481 e. The summed E-state index contributed by atoms with van der Waals surface area (Å²) in [7, 11) is 0. The molecule has 26 heavy (non-hydrogen) atoms. The van der Waals surface area contributed by atoms with Gasteiger partial charge in [-0.05, 0) is 43.0 Å². The monoisotopic (exact) mass is 360 g/mol. The summed E-state index contributed by atoms with van der Waals surface area (Å²) in [5.41, 5.74) is 0.844. The Labute approximate surface area is 152 Å². The van der Waals surface area contributed by atoms with E-state index in [0.29, 0.717) is 32.7 Å². The molecule has 1 saturated carbocycles. The van der Waals surface area contributed by atoms with Crippen LogP contribution in [0.25, 0.3) is 0 Å². The molecule has 0 unspecified atom stereocenters. The van der Waals surface area contributed by atoms with E-state index >= 15 is 0 Å². The van der Waals surface area contributed by atoms with Crippen molar-refractivity contribution in [2.75, 3.05) is 26.2 Å². The summed E-state index contributed by atoms with van der Waals surface area (Å²) in [5, 5.41) is 9.93. The van der Waals surface area contributed by atoms with Crippen molar-refractivity contribution in [2.45, 2.75) is 32.7 Å². The fraction of sp³-hybridized carbons (Fsp3) is 0.600. The third-order valence-corrected chi connectivity index (χ3v) is 6.38. The third kappa shape index (κ3) is 2.90. The molecule has 5 nitrogen and oxygen atoms in total. The Morgan fingerprint density at radius 2 is 2.00 bits per heavy atom. The van der Waals surface area contributed by atoms with Crippen LogP contribution in [0.3, 0.4) is 0 Å². The maximum atomic E-state index is 13.6. The molecule has 6 heteroatoms. The number of nitrogens with zero attached hydrogens (tertiary/aromatic N) is 2. The fourth-order valence-corrected chi connectivity index (χ4v) is 4.83. The second-order valence-electron chi connectivity index (χ2n) is 8.31. The van der Waals surface area contributed by atoms with Crippen LogP contribution in [0.15, 0.2) is 18.2 Å². The van der Waals surface area contributed by atoms with Crippen LogP contribution < -0.4 is 0 Å². The first kappa shape index (κ1) is 17.5. The van der Waals surface area contributed by atoms with Gasteiger partial charge in [-0.25, -0.2) is 4.39 Å². The minimum absolute atomic E-state index is 0.0568. The Hall–Kier alpha value is -1.95. The van der Waals surface area contributed by atoms with Crippen molar-refractivity contribution in [3.05, 3.63) is 35.1 Å². The van der Waals surface area contributed by atoms with E-state index in [1.807, 2.05) is 13.0 Å². The topological polar surface area (TPSA) is 60.9 Å². The summed E-state index contributed by atoms with van der Waals surface area (Å²) >= 11 is 0. The number of benzene rings is 1. The van der Waals surface area contributed by atoms with Crippen molar-refractivity contribution in [1.82, 2.24) is 9.80 Å². The highest BCUT2D eigenvalue weighted by atomic mass is 19.1. The summed E-state index contributed by atoms with van der Waals surface area (Å²) in [6, 6.07) is 4.95. The maximum absolute atomic E-state index is 13.6. The van der Waals surface area contributed by atoms with Gasteiger partial charge in [-0.1, -0.05) is 12.5 Å². The number of fused-ring (bicyclic) bond motifs is 1. The van der Waals surface area contributed by atoms with Crippen molar-refractivity contribution in [3.8, 4) is 0 Å². The molecule has 0 radical (unpaired) electrons. The number of aliphatic carboxylic acids is 1. The highest BCUT2D eigenvalue weighted by Gasteiger charge is 2.58. The minimum atomic E-state index is -0.887. The molecule has 1 amide bonds. The van der Waals surface area contributed by atoms with Crippen LogP contribution in [0.2, 0.25) is 0 Å². The molecule has 1 aromatic carbocycles. The number of carbonyl (C=O) groups is 2. The van der Waals surface area contributed by atoms with Gasteiger partial charge in [-0.2, -0.15) is 0 Å². The fourth-order valence-electron chi connectivity index (χ4n) is 4.83. The van der Waals surface area contributed by atoms with Crippen molar-refractivity contribution < 1.29 is 19.1 Å². The molecule has 1 N–H and O–H groups in total. The standard InChI is InChI=1S/C20H25FN2O3/c1-13-5-14(7-17(21)6-13)8-22-9-16-10-23(18(24)15-3-2-4-15)12-20(16,11-22)19(25)26/h5-7,15-16H,2-4,8-12H2,1H3,(H,25,26)/t16-,20-/m0/s1. The summed E-state index contributed by atoms with van der Waals surface area (Å²) in [6.07, 6.45) is 2.97. The van der Waals surface area contributed by atoms with Crippen molar-refractivity contribution >= 4 is 11.9 Å². The van der Waals surface area contributed by atoms with Gasteiger partial charge in [-0.3, -0.25) is 14.5 Å². The van der Waals surface area contributed by atoms with Gasteiger partial charge < -0.3 is 10.0 Å². The number of rotatable bonds is 4. The van der Waals surface area contributed by atoms with Gasteiger partial charge in [0.2, 0.25) is 5.91 Å². The number of carbonyl (C=O) groups excluding carboxylic acids is 1. The molecular weight excluding hydrogens is 335 g/mol. The van der Waals surface area contributed by atoms with Gasteiger partial charge in [0.1, 0.15) is 11.2 Å². The number of hydrogen-bond acceptors (Lipinski definition) is 3. The second-order valence-corrected chi connectivity index (χ2v) is 8.31. The molecule has 0 aromatic heterocycles. The predicted molar refractivity (Wildman–Crippen MR) is 93.9 cm³/mol. The molecule has 1 aromatic rings. The normalized spacial score (nSPS) is 28.8. The number of hydrogen-bond donors (Lipinski definition) is 1. The Kier molecular flexibility index (Phi) is 4.26. The van der Waals surface area contributed by atoms with Crippen molar-refractivity contribution in [3.63, 3.8) is 0 Å². The van der Waals surface area contributed by atoms with Crippen LogP contribution in [0.4, 0.5) is 4.39 Å². The van der Waals surface area contributed by atoms with E-state index in [4.69, 9.17) is 0 Å².